The van der Waals surface area contributed by atoms with Gasteiger partial charge in [-0.15, -0.1) is 23.2 Å². The number of halogens is 11. The predicted octanol–water partition coefficient (Wildman–Crippen LogP) is 28.9. The van der Waals surface area contributed by atoms with Crippen LogP contribution in [0.5, 0.6) is 17.2 Å². The molecule has 21 heteroatoms. The lowest BCUT2D eigenvalue weighted by molar-refractivity contribution is -0.247. The van der Waals surface area contributed by atoms with E-state index in [0.29, 0.717) is 83.8 Å². The Kier molecular flexibility index (Phi) is 44.2. The number of benzene rings is 9. The Bertz CT molecular complexity index is 4480. The molecule has 0 amide bonds. The number of aliphatic hydroxyl groups is 1. The highest BCUT2D eigenvalue weighted by molar-refractivity contribution is 6.40. The first-order valence-corrected chi connectivity index (χ1v) is 43.7. The SMILES string of the molecule is C.C1CCOC1.C1CCOC1.CCCCCC1CCC(=O)OC1.CCCCCC1CCC(O)(c2ccc(-c3ccc(-c4ccc(OCC)c(F)c4F)cc3)cc2F)OC1.CCCCCC1CCC(c2ccc(-c3ccc(-c4ccc(OCC)c(F)c4F)cc3)cc2F)OC1.CCOc1ccc(-c2ccc(-c3cccc(F)c3)cc2)c(F)c1F.ClCCl. The fourth-order valence-electron chi connectivity index (χ4n) is 14.8. The summed E-state index contributed by atoms with van der Waals surface area (Å²) in [7, 11) is 0. The van der Waals surface area contributed by atoms with Crippen LogP contribution in [0.15, 0.2) is 170 Å². The average Bonchev–Trinajstić information content (AvgIpc) is 1.54. The first-order valence-electron chi connectivity index (χ1n) is 42.6. The van der Waals surface area contributed by atoms with Gasteiger partial charge < -0.3 is 43.0 Å². The van der Waals surface area contributed by atoms with E-state index >= 15 is 8.78 Å². The van der Waals surface area contributed by atoms with Crippen molar-refractivity contribution in [3.63, 3.8) is 0 Å². The summed E-state index contributed by atoms with van der Waals surface area (Å²) in [6.45, 7) is 18.2. The third-order valence-corrected chi connectivity index (χ3v) is 21.5. The normalized spacial score (nSPS) is 17.7. The number of carbonyl (C=O) groups is 1. The second kappa shape index (κ2) is 53.6. The Labute approximate surface area is 721 Å². The number of ether oxygens (including phenoxy) is 8. The fraction of sp³-hybridized carbons (Fsp3) is 0.450. The largest absolute Gasteiger partial charge is 0.491 e. The molecule has 10 nitrogen and oxygen atoms in total. The average molecular weight is 1720 g/mol. The smallest absolute Gasteiger partial charge is 0.305 e. The monoisotopic (exact) mass is 1720 g/mol. The van der Waals surface area contributed by atoms with Gasteiger partial charge in [-0.3, -0.25) is 4.79 Å². The number of carbonyl (C=O) groups excluding carboxylic acids is 1. The van der Waals surface area contributed by atoms with Gasteiger partial charge in [0.25, 0.3) is 0 Å². The molecule has 5 saturated heterocycles. The van der Waals surface area contributed by atoms with Gasteiger partial charge in [0, 0.05) is 67.1 Å². The van der Waals surface area contributed by atoms with Crippen molar-refractivity contribution in [2.75, 3.05) is 71.4 Å². The summed E-state index contributed by atoms with van der Waals surface area (Å²) in [6.07, 6.45) is 24.2. The fourth-order valence-corrected chi connectivity index (χ4v) is 14.8. The maximum atomic E-state index is 15.1. The van der Waals surface area contributed by atoms with E-state index in [4.69, 9.17) is 61.1 Å². The Hall–Kier alpha value is -8.40. The van der Waals surface area contributed by atoms with E-state index in [-0.39, 0.29) is 95.8 Å². The molecule has 0 aliphatic carbocycles. The predicted molar refractivity (Wildman–Crippen MR) is 469 cm³/mol. The van der Waals surface area contributed by atoms with Crippen LogP contribution in [-0.4, -0.2) is 82.5 Å². The molecule has 14 rings (SSSR count). The molecule has 9 aromatic carbocycles. The minimum atomic E-state index is -1.62. The van der Waals surface area contributed by atoms with Crippen molar-refractivity contribution in [2.24, 2.45) is 17.8 Å². The molecular weight excluding hydrogens is 1600 g/mol. The first kappa shape index (κ1) is 99.7. The highest BCUT2D eigenvalue weighted by Crippen LogP contribution is 2.42. The Morgan fingerprint density at radius 3 is 1.14 bits per heavy atom. The molecular formula is C100H121Cl2F9O10. The molecule has 5 aliphatic heterocycles. The number of hydrogen-bond acceptors (Lipinski definition) is 10. The second-order valence-corrected chi connectivity index (χ2v) is 31.1. The van der Waals surface area contributed by atoms with Crippen LogP contribution in [0, 0.1) is 70.1 Å². The van der Waals surface area contributed by atoms with E-state index in [1.165, 1.54) is 144 Å². The van der Waals surface area contributed by atoms with Crippen LogP contribution in [0.1, 0.15) is 207 Å². The summed E-state index contributed by atoms with van der Waals surface area (Å²) in [6, 6.07) is 45.5. The van der Waals surface area contributed by atoms with Gasteiger partial charge in [0.1, 0.15) is 17.5 Å². The molecule has 5 atom stereocenters. The highest BCUT2D eigenvalue weighted by atomic mass is 35.5. The van der Waals surface area contributed by atoms with Crippen LogP contribution >= 0.6 is 23.2 Å². The minimum absolute atomic E-state index is 0. The summed E-state index contributed by atoms with van der Waals surface area (Å²) >= 11 is 9.53. The molecule has 0 radical (unpaired) electrons. The van der Waals surface area contributed by atoms with Gasteiger partial charge in [-0.1, -0.05) is 195 Å². The molecule has 121 heavy (non-hydrogen) atoms. The number of rotatable bonds is 26. The highest BCUT2D eigenvalue weighted by Gasteiger charge is 2.38. The molecule has 9 aromatic rings. The van der Waals surface area contributed by atoms with Crippen LogP contribution < -0.4 is 14.2 Å². The van der Waals surface area contributed by atoms with Crippen molar-refractivity contribution in [1.82, 2.24) is 0 Å². The maximum Gasteiger partial charge on any atom is 0.305 e. The van der Waals surface area contributed by atoms with Gasteiger partial charge >= 0.3 is 5.97 Å². The Morgan fingerprint density at radius 1 is 0.413 bits per heavy atom. The van der Waals surface area contributed by atoms with Crippen LogP contribution in [0.2, 0.25) is 0 Å². The molecule has 0 spiro atoms. The zero-order valence-corrected chi connectivity index (χ0v) is 71.6. The number of hydrogen-bond donors (Lipinski definition) is 1. The lowest BCUT2D eigenvalue weighted by Gasteiger charge is -2.36. The maximum absolute atomic E-state index is 15.1. The lowest BCUT2D eigenvalue weighted by Crippen LogP contribution is -2.37. The van der Waals surface area contributed by atoms with Crippen molar-refractivity contribution in [3.05, 3.63) is 233 Å². The Morgan fingerprint density at radius 2 is 0.802 bits per heavy atom. The number of cyclic esters (lactones) is 1. The lowest BCUT2D eigenvalue weighted by atomic mass is 9.88. The molecule has 1 N–H and O–H groups in total. The van der Waals surface area contributed by atoms with E-state index in [9.17, 15) is 40.6 Å². The van der Waals surface area contributed by atoms with Crippen molar-refractivity contribution < 1.29 is 87.3 Å². The van der Waals surface area contributed by atoms with Crippen LogP contribution in [0.25, 0.3) is 66.8 Å². The first-order chi connectivity index (χ1) is 58.2. The zero-order chi connectivity index (χ0) is 86.2. The summed E-state index contributed by atoms with van der Waals surface area (Å²) < 4.78 is 171. The van der Waals surface area contributed by atoms with Crippen molar-refractivity contribution in [3.8, 4) is 84.0 Å². The van der Waals surface area contributed by atoms with E-state index < -0.39 is 46.5 Å². The molecule has 5 unspecified atom stereocenters. The van der Waals surface area contributed by atoms with Crippen molar-refractivity contribution >= 4 is 29.2 Å². The van der Waals surface area contributed by atoms with Gasteiger partial charge in [-0.25, -0.2) is 26.3 Å². The van der Waals surface area contributed by atoms with Crippen LogP contribution in [0.4, 0.5) is 39.5 Å². The summed E-state index contributed by atoms with van der Waals surface area (Å²) in [5.41, 5.74) is 7.10. The third-order valence-electron chi connectivity index (χ3n) is 21.5. The topological polar surface area (TPSA) is 111 Å². The van der Waals surface area contributed by atoms with E-state index in [1.54, 1.807) is 118 Å². The minimum Gasteiger partial charge on any atom is -0.491 e. The van der Waals surface area contributed by atoms with Crippen LogP contribution in [-0.2, 0) is 34.3 Å². The molecule has 5 heterocycles. The van der Waals surface area contributed by atoms with Gasteiger partial charge in [0.05, 0.1) is 51.1 Å². The van der Waals surface area contributed by atoms with Crippen LogP contribution in [0.3, 0.4) is 0 Å². The molecule has 0 aromatic heterocycles. The molecule has 5 aliphatic rings. The standard InChI is InChI=1S/C30H33F3O3.C30H33F3O2.C20H15F3O.C10H18O2.2C4H8O.CH2Cl2.CH4/c1-3-5-6-7-20-16-17-30(34,36-19-20)25-14-12-23(18-26(25)31)21-8-10-22(11-9-21)24-13-15-27(35-4-2)29(33)28(24)32;1-3-5-6-7-20-8-16-27(35-19-20)25-14-13-23(18-26(25)31)21-9-11-22(12-10-21)24-15-17-28(34-4-2)30(33)29(24)32;1-2-24-18-11-10-17(19(22)20(18)23)14-8-6-13(7-9-14)15-4-3-5-16(21)12-15;1-2-3-4-5-9-6-7-10(11)12-8-9;2*1-2-4-5-3-1;2-1-3;/h8-15,18,20,34H,3-7,16-17,19H2,1-2H3;9-15,17-18,20,27H,3-8,16,19H2,1-2H3;3-12H,2H2,1H3;9H,2-8H2,1H3;2*1-4H2;1H2;1H4. The Balaban J connectivity index is 0.000000219. The van der Waals surface area contributed by atoms with E-state index in [1.807, 2.05) is 12.1 Å². The van der Waals surface area contributed by atoms with Gasteiger partial charge in [0.15, 0.2) is 40.5 Å². The molecule has 0 bridgehead atoms. The number of esters is 1. The van der Waals surface area contributed by atoms with E-state index in [2.05, 4.69) is 20.8 Å². The summed E-state index contributed by atoms with van der Waals surface area (Å²) in [4.78, 5) is 10.7. The molecule has 5 fully saturated rings. The number of unbranched alkanes of at least 4 members (excludes halogenated alkanes) is 6. The van der Waals surface area contributed by atoms with Crippen molar-refractivity contribution in [2.45, 2.75) is 202 Å². The van der Waals surface area contributed by atoms with Gasteiger partial charge in [0.2, 0.25) is 17.5 Å². The summed E-state index contributed by atoms with van der Waals surface area (Å²) in [5, 5.41) is 11.2. The van der Waals surface area contributed by atoms with Crippen molar-refractivity contribution in [1.29, 1.82) is 0 Å². The van der Waals surface area contributed by atoms with E-state index in [0.717, 1.165) is 93.6 Å². The molecule has 0 saturated carbocycles. The third kappa shape index (κ3) is 30.8. The summed E-state index contributed by atoms with van der Waals surface area (Å²) in [5.74, 6) is -7.36. The quantitative estimate of drug-likeness (QED) is 0.0243. The number of alkyl halides is 2. The zero-order valence-electron chi connectivity index (χ0n) is 70.1. The van der Waals surface area contributed by atoms with Gasteiger partial charge in [-0.05, 0) is 220 Å². The molecule has 658 valence electrons. The van der Waals surface area contributed by atoms with Gasteiger partial charge in [-0.2, -0.15) is 13.2 Å². The second-order valence-electron chi connectivity index (χ2n) is 30.3.